The van der Waals surface area contributed by atoms with Gasteiger partial charge in [0.1, 0.15) is 11.7 Å². The van der Waals surface area contributed by atoms with Crippen LogP contribution in [0.15, 0.2) is 59.8 Å². The van der Waals surface area contributed by atoms with Crippen LogP contribution in [0.2, 0.25) is 0 Å². The molecule has 0 bridgehead atoms. The van der Waals surface area contributed by atoms with Gasteiger partial charge < -0.3 is 0 Å². The molecular formula is C21H20N4O. The van der Waals surface area contributed by atoms with E-state index in [0.717, 1.165) is 22.4 Å². The summed E-state index contributed by atoms with van der Waals surface area (Å²) in [5.41, 5.74) is 5.99. The fourth-order valence-corrected chi connectivity index (χ4v) is 3.21. The predicted octanol–water partition coefficient (Wildman–Crippen LogP) is 3.56. The Kier molecular flexibility index (Phi) is 3.92. The number of aryl methyl sites for hydroxylation is 3. The van der Waals surface area contributed by atoms with Crippen LogP contribution in [0.4, 0.5) is 0 Å². The molecule has 0 aliphatic heterocycles. The van der Waals surface area contributed by atoms with Crippen molar-refractivity contribution in [2.75, 3.05) is 0 Å². The van der Waals surface area contributed by atoms with Gasteiger partial charge in [0.25, 0.3) is 5.56 Å². The van der Waals surface area contributed by atoms with E-state index in [4.69, 9.17) is 0 Å². The summed E-state index contributed by atoms with van der Waals surface area (Å²) in [6, 6.07) is 14.3. The molecule has 0 unspecified atom stereocenters. The van der Waals surface area contributed by atoms with E-state index < -0.39 is 0 Å². The van der Waals surface area contributed by atoms with Crippen LogP contribution in [0.1, 0.15) is 22.3 Å². The van der Waals surface area contributed by atoms with E-state index in [1.54, 1.807) is 21.8 Å². The van der Waals surface area contributed by atoms with Crippen LogP contribution in [0, 0.1) is 20.8 Å². The van der Waals surface area contributed by atoms with Crippen LogP contribution in [-0.4, -0.2) is 19.3 Å². The molecule has 0 saturated carbocycles. The smallest absolute Gasteiger partial charge is 0.264 e. The molecule has 0 atom stereocenters. The zero-order chi connectivity index (χ0) is 18.3. The van der Waals surface area contributed by atoms with Crippen LogP contribution in [0.5, 0.6) is 0 Å². The number of hydrogen-bond acceptors (Lipinski definition) is 3. The topological polar surface area (TPSA) is 52.7 Å². The van der Waals surface area contributed by atoms with Gasteiger partial charge in [-0.1, -0.05) is 35.9 Å². The maximum atomic E-state index is 12.8. The Hall–Kier alpha value is -3.21. The number of hydrogen-bond donors (Lipinski definition) is 0. The number of nitrogens with zero attached hydrogens (tertiary/aromatic N) is 4. The molecule has 2 heterocycles. The van der Waals surface area contributed by atoms with E-state index in [9.17, 15) is 4.79 Å². The molecular weight excluding hydrogens is 324 g/mol. The third kappa shape index (κ3) is 2.92. The molecule has 0 aliphatic rings. The largest absolute Gasteiger partial charge is 0.294 e. The van der Waals surface area contributed by atoms with Crippen molar-refractivity contribution in [3.05, 3.63) is 87.6 Å². The Morgan fingerprint density at radius 3 is 2.31 bits per heavy atom. The monoisotopic (exact) mass is 344 g/mol. The molecule has 0 fully saturated rings. The Morgan fingerprint density at radius 1 is 0.923 bits per heavy atom. The van der Waals surface area contributed by atoms with Crippen LogP contribution in [0.25, 0.3) is 16.7 Å². The lowest BCUT2D eigenvalue weighted by Crippen LogP contribution is -2.21. The molecule has 26 heavy (non-hydrogen) atoms. The van der Waals surface area contributed by atoms with Gasteiger partial charge in [-0.3, -0.25) is 9.36 Å². The van der Waals surface area contributed by atoms with E-state index in [-0.39, 0.29) is 5.56 Å². The van der Waals surface area contributed by atoms with Gasteiger partial charge in [0.15, 0.2) is 5.65 Å². The third-order valence-corrected chi connectivity index (χ3v) is 4.48. The minimum absolute atomic E-state index is 0.0776. The molecule has 0 saturated heterocycles. The highest BCUT2D eigenvalue weighted by Gasteiger charge is 2.12. The molecule has 130 valence electrons. The number of fused-ring (bicyclic) bond motifs is 1. The molecule has 5 heteroatoms. The second kappa shape index (κ2) is 6.26. The van der Waals surface area contributed by atoms with Gasteiger partial charge in [0.2, 0.25) is 0 Å². The van der Waals surface area contributed by atoms with Crippen molar-refractivity contribution in [2.24, 2.45) is 0 Å². The summed E-state index contributed by atoms with van der Waals surface area (Å²) in [5, 5.41) is 4.94. The zero-order valence-electron chi connectivity index (χ0n) is 15.1. The molecule has 4 aromatic rings. The van der Waals surface area contributed by atoms with Crippen LogP contribution in [-0.2, 0) is 6.54 Å². The molecule has 0 amide bonds. The van der Waals surface area contributed by atoms with Crippen molar-refractivity contribution in [3.63, 3.8) is 0 Å². The third-order valence-electron chi connectivity index (χ3n) is 4.48. The van der Waals surface area contributed by atoms with E-state index in [0.29, 0.717) is 17.6 Å². The lowest BCUT2D eigenvalue weighted by molar-refractivity contribution is 0.745. The summed E-state index contributed by atoms with van der Waals surface area (Å²) in [7, 11) is 0. The maximum absolute atomic E-state index is 12.8. The molecule has 5 nitrogen and oxygen atoms in total. The predicted molar refractivity (Wildman–Crippen MR) is 103 cm³/mol. The average Bonchev–Trinajstić information content (AvgIpc) is 3.03. The summed E-state index contributed by atoms with van der Waals surface area (Å²) in [4.78, 5) is 17.4. The molecule has 2 aromatic carbocycles. The highest BCUT2D eigenvalue weighted by Crippen LogP contribution is 2.17. The van der Waals surface area contributed by atoms with E-state index >= 15 is 0 Å². The Morgan fingerprint density at radius 2 is 1.62 bits per heavy atom. The number of aromatic nitrogens is 4. The van der Waals surface area contributed by atoms with Crippen molar-refractivity contribution < 1.29 is 0 Å². The quantitative estimate of drug-likeness (QED) is 0.571. The van der Waals surface area contributed by atoms with Crippen molar-refractivity contribution in [3.8, 4) is 5.69 Å². The van der Waals surface area contributed by atoms with Gasteiger partial charge in [-0.25, -0.2) is 9.67 Å². The molecule has 0 N–H and O–H groups in total. The summed E-state index contributed by atoms with van der Waals surface area (Å²) >= 11 is 0. The Bertz CT molecular complexity index is 1130. The summed E-state index contributed by atoms with van der Waals surface area (Å²) in [6.45, 7) is 6.64. The number of rotatable bonds is 3. The lowest BCUT2D eigenvalue weighted by Gasteiger charge is -2.08. The van der Waals surface area contributed by atoms with E-state index in [1.807, 2.05) is 57.2 Å². The van der Waals surface area contributed by atoms with E-state index in [1.165, 1.54) is 5.56 Å². The fourth-order valence-electron chi connectivity index (χ4n) is 3.21. The Labute approximate surface area is 151 Å². The minimum Gasteiger partial charge on any atom is -0.294 e. The summed E-state index contributed by atoms with van der Waals surface area (Å²) in [5.74, 6) is 0. The fraction of sp³-hybridized carbons (Fsp3) is 0.190. The first kappa shape index (κ1) is 16.3. The van der Waals surface area contributed by atoms with Crippen LogP contribution >= 0.6 is 0 Å². The molecule has 4 rings (SSSR count). The lowest BCUT2D eigenvalue weighted by atomic mass is 10.1. The van der Waals surface area contributed by atoms with E-state index in [2.05, 4.69) is 16.1 Å². The first-order valence-electron chi connectivity index (χ1n) is 8.59. The normalized spacial score (nSPS) is 11.2. The van der Waals surface area contributed by atoms with Crippen LogP contribution < -0.4 is 5.56 Å². The summed E-state index contributed by atoms with van der Waals surface area (Å²) in [6.07, 6.45) is 3.21. The van der Waals surface area contributed by atoms with Crippen molar-refractivity contribution in [1.29, 1.82) is 0 Å². The second-order valence-electron chi connectivity index (χ2n) is 6.80. The minimum atomic E-state index is -0.0776. The van der Waals surface area contributed by atoms with Crippen molar-refractivity contribution >= 4 is 11.0 Å². The van der Waals surface area contributed by atoms with Gasteiger partial charge in [-0.2, -0.15) is 5.10 Å². The first-order chi connectivity index (χ1) is 12.5. The highest BCUT2D eigenvalue weighted by molar-refractivity contribution is 5.75. The summed E-state index contributed by atoms with van der Waals surface area (Å²) < 4.78 is 3.35. The maximum Gasteiger partial charge on any atom is 0.264 e. The first-order valence-corrected chi connectivity index (χ1v) is 8.59. The SMILES string of the molecule is Cc1ccc(Cn2cnc3c(cnn3-c3cc(C)cc(C)c3)c2=O)cc1. The van der Waals surface area contributed by atoms with Gasteiger partial charge >= 0.3 is 0 Å². The van der Waals surface area contributed by atoms with Gasteiger partial charge in [0, 0.05) is 0 Å². The number of benzene rings is 2. The Balaban J connectivity index is 1.78. The second-order valence-corrected chi connectivity index (χ2v) is 6.80. The van der Waals surface area contributed by atoms with Crippen LogP contribution in [0.3, 0.4) is 0 Å². The standard InChI is InChI=1S/C21H20N4O/c1-14-4-6-17(7-5-14)12-24-13-22-20-19(21(24)26)11-23-25(20)18-9-15(2)8-16(3)10-18/h4-11,13H,12H2,1-3H3. The van der Waals surface area contributed by atoms with Gasteiger partial charge in [0.05, 0.1) is 18.4 Å². The van der Waals surface area contributed by atoms with Gasteiger partial charge in [-0.15, -0.1) is 0 Å². The zero-order valence-corrected chi connectivity index (χ0v) is 15.1. The molecule has 0 radical (unpaired) electrons. The molecule has 2 aromatic heterocycles. The molecule has 0 aliphatic carbocycles. The van der Waals surface area contributed by atoms with Crippen molar-refractivity contribution in [1.82, 2.24) is 19.3 Å². The molecule has 0 spiro atoms. The van der Waals surface area contributed by atoms with Crippen molar-refractivity contribution in [2.45, 2.75) is 27.3 Å². The van der Waals surface area contributed by atoms with Gasteiger partial charge in [-0.05, 0) is 49.6 Å². The average molecular weight is 344 g/mol. The highest BCUT2D eigenvalue weighted by atomic mass is 16.1.